The summed E-state index contributed by atoms with van der Waals surface area (Å²) < 4.78 is 30.0. The van der Waals surface area contributed by atoms with E-state index in [2.05, 4.69) is 0 Å². The molecule has 0 bridgehead atoms. The molecule has 0 amide bonds. The van der Waals surface area contributed by atoms with Crippen molar-refractivity contribution in [1.82, 2.24) is 5.73 Å². The quantitative estimate of drug-likeness (QED) is 0.668. The monoisotopic (exact) mass is 186 g/mol. The highest BCUT2D eigenvalue weighted by Gasteiger charge is 2.11. The number of hydrogen-bond donors (Lipinski definition) is 1. The standard InChI is InChI=1S/C7H8NO3S/c1-5-4-6(8)2-3-7(5)12(9,10)11/h2-4,8H,1H3,(H,9,10,11). The van der Waals surface area contributed by atoms with Crippen molar-refractivity contribution < 1.29 is 13.0 Å². The van der Waals surface area contributed by atoms with Crippen molar-refractivity contribution in [3.63, 3.8) is 0 Å². The number of rotatable bonds is 1. The lowest BCUT2D eigenvalue weighted by Gasteiger charge is -2.01. The average Bonchev–Trinajstić information content (AvgIpc) is 1.83. The molecule has 0 spiro atoms. The van der Waals surface area contributed by atoms with Crippen LogP contribution in [0.1, 0.15) is 5.56 Å². The van der Waals surface area contributed by atoms with Gasteiger partial charge in [0.05, 0.1) is 10.6 Å². The second-order valence-electron chi connectivity index (χ2n) is 2.46. The molecule has 0 fully saturated rings. The van der Waals surface area contributed by atoms with Gasteiger partial charge in [0.1, 0.15) is 0 Å². The van der Waals surface area contributed by atoms with Crippen LogP contribution < -0.4 is 5.73 Å². The molecule has 1 rings (SSSR count). The van der Waals surface area contributed by atoms with E-state index in [-0.39, 0.29) is 10.6 Å². The van der Waals surface area contributed by atoms with E-state index in [1.807, 2.05) is 0 Å². The Kier molecular flexibility index (Phi) is 2.08. The van der Waals surface area contributed by atoms with Crippen LogP contribution in [-0.2, 0) is 10.1 Å². The Morgan fingerprint density at radius 1 is 1.42 bits per heavy atom. The molecule has 0 unspecified atom stereocenters. The van der Waals surface area contributed by atoms with Crippen LogP contribution in [0.2, 0.25) is 0 Å². The van der Waals surface area contributed by atoms with Crippen molar-refractivity contribution >= 4 is 15.8 Å². The summed E-state index contributed by atoms with van der Waals surface area (Å²) in [5.74, 6) is 0. The minimum absolute atomic E-state index is 0.140. The van der Waals surface area contributed by atoms with Crippen LogP contribution in [-0.4, -0.2) is 13.0 Å². The maximum Gasteiger partial charge on any atom is 0.294 e. The summed E-state index contributed by atoms with van der Waals surface area (Å²) in [4.78, 5) is -0.140. The van der Waals surface area contributed by atoms with Crippen LogP contribution in [0.25, 0.3) is 0 Å². The molecular formula is C7H8NO3S. The highest BCUT2D eigenvalue weighted by atomic mass is 32.2. The van der Waals surface area contributed by atoms with Crippen LogP contribution in [0.15, 0.2) is 23.1 Å². The van der Waals surface area contributed by atoms with Gasteiger partial charge in [-0.2, -0.15) is 8.42 Å². The van der Waals surface area contributed by atoms with Crippen LogP contribution in [0.5, 0.6) is 0 Å². The molecule has 0 atom stereocenters. The van der Waals surface area contributed by atoms with Gasteiger partial charge in [-0.3, -0.25) is 4.55 Å². The fraction of sp³-hybridized carbons (Fsp3) is 0.143. The normalized spacial score (nSPS) is 11.5. The Labute approximate surface area is 70.8 Å². The molecule has 1 aromatic rings. The molecule has 1 radical (unpaired) electrons. The molecule has 65 valence electrons. The molecule has 0 aliphatic heterocycles. The maximum absolute atomic E-state index is 10.7. The SMILES string of the molecule is Cc1cc([NH])ccc1S(=O)(=O)O. The van der Waals surface area contributed by atoms with E-state index in [0.29, 0.717) is 5.56 Å². The molecule has 0 aliphatic carbocycles. The zero-order chi connectivity index (χ0) is 9.35. The van der Waals surface area contributed by atoms with Crippen LogP contribution in [0.4, 0.5) is 5.69 Å². The summed E-state index contributed by atoms with van der Waals surface area (Å²) >= 11 is 0. The van der Waals surface area contributed by atoms with Crippen molar-refractivity contribution in [1.29, 1.82) is 0 Å². The number of aryl methyl sites for hydroxylation is 1. The molecule has 0 saturated carbocycles. The third kappa shape index (κ3) is 1.75. The van der Waals surface area contributed by atoms with Gasteiger partial charge in [0, 0.05) is 0 Å². The van der Waals surface area contributed by atoms with Gasteiger partial charge in [0.2, 0.25) is 0 Å². The average molecular weight is 186 g/mol. The van der Waals surface area contributed by atoms with Gasteiger partial charge in [-0.25, -0.2) is 0 Å². The molecule has 0 saturated heterocycles. The summed E-state index contributed by atoms with van der Waals surface area (Å²) in [6.45, 7) is 1.53. The molecular weight excluding hydrogens is 178 g/mol. The zero-order valence-corrected chi connectivity index (χ0v) is 7.22. The van der Waals surface area contributed by atoms with Gasteiger partial charge in [0.15, 0.2) is 0 Å². The predicted octanol–water partition coefficient (Wildman–Crippen LogP) is 1.16. The Morgan fingerprint density at radius 2 is 2.00 bits per heavy atom. The topological polar surface area (TPSA) is 78.2 Å². The lowest BCUT2D eigenvalue weighted by Crippen LogP contribution is -2.00. The lowest BCUT2D eigenvalue weighted by atomic mass is 10.2. The van der Waals surface area contributed by atoms with Crippen LogP contribution in [0, 0.1) is 6.92 Å². The van der Waals surface area contributed by atoms with E-state index >= 15 is 0 Å². The van der Waals surface area contributed by atoms with Gasteiger partial charge in [-0.15, -0.1) is 0 Å². The second-order valence-corrected chi connectivity index (χ2v) is 3.85. The minimum Gasteiger partial charge on any atom is -0.301 e. The van der Waals surface area contributed by atoms with Gasteiger partial charge >= 0.3 is 0 Å². The van der Waals surface area contributed by atoms with E-state index < -0.39 is 10.1 Å². The zero-order valence-electron chi connectivity index (χ0n) is 6.40. The summed E-state index contributed by atoms with van der Waals surface area (Å²) in [6.07, 6.45) is 0. The molecule has 0 heterocycles. The van der Waals surface area contributed by atoms with Crippen molar-refractivity contribution in [2.75, 3.05) is 0 Å². The molecule has 1 aromatic carbocycles. The van der Waals surface area contributed by atoms with E-state index in [1.165, 1.54) is 25.1 Å². The molecule has 5 heteroatoms. The first-order chi connectivity index (χ1) is 5.41. The van der Waals surface area contributed by atoms with Crippen LogP contribution >= 0.6 is 0 Å². The third-order valence-corrected chi connectivity index (χ3v) is 2.47. The second kappa shape index (κ2) is 2.76. The first kappa shape index (κ1) is 9.02. The molecule has 4 nitrogen and oxygen atoms in total. The molecule has 0 aromatic heterocycles. The number of nitrogens with one attached hydrogen (secondary N) is 1. The first-order valence-corrected chi connectivity index (χ1v) is 4.65. The van der Waals surface area contributed by atoms with E-state index in [0.717, 1.165) is 0 Å². The largest absolute Gasteiger partial charge is 0.301 e. The summed E-state index contributed by atoms with van der Waals surface area (Å²) in [5, 5.41) is 0. The van der Waals surface area contributed by atoms with Crippen LogP contribution in [0.3, 0.4) is 0 Å². The third-order valence-electron chi connectivity index (χ3n) is 1.45. The first-order valence-electron chi connectivity index (χ1n) is 3.21. The van der Waals surface area contributed by atoms with E-state index in [4.69, 9.17) is 10.3 Å². The number of hydrogen-bond acceptors (Lipinski definition) is 2. The Bertz CT molecular complexity index is 397. The Balaban J connectivity index is 3.39. The van der Waals surface area contributed by atoms with Gasteiger partial charge in [-0.05, 0) is 30.7 Å². The van der Waals surface area contributed by atoms with Crippen molar-refractivity contribution in [3.05, 3.63) is 23.8 Å². The van der Waals surface area contributed by atoms with Crippen molar-refractivity contribution in [2.24, 2.45) is 0 Å². The minimum atomic E-state index is -4.13. The highest BCUT2D eigenvalue weighted by molar-refractivity contribution is 7.85. The van der Waals surface area contributed by atoms with Gasteiger partial charge in [0.25, 0.3) is 10.1 Å². The fourth-order valence-electron chi connectivity index (χ4n) is 0.939. The van der Waals surface area contributed by atoms with E-state index in [9.17, 15) is 8.42 Å². The summed E-state index contributed by atoms with van der Waals surface area (Å²) in [7, 11) is -4.13. The highest BCUT2D eigenvalue weighted by Crippen LogP contribution is 2.17. The van der Waals surface area contributed by atoms with Crippen molar-refractivity contribution in [2.45, 2.75) is 11.8 Å². The Morgan fingerprint density at radius 3 is 2.42 bits per heavy atom. The smallest absolute Gasteiger partial charge is 0.294 e. The summed E-state index contributed by atoms with van der Waals surface area (Å²) in [5.41, 5.74) is 7.76. The lowest BCUT2D eigenvalue weighted by molar-refractivity contribution is 0.482. The predicted molar refractivity (Wildman–Crippen MR) is 43.8 cm³/mol. The molecule has 2 N–H and O–H groups in total. The van der Waals surface area contributed by atoms with E-state index in [1.54, 1.807) is 0 Å². The maximum atomic E-state index is 10.7. The molecule has 0 aliphatic rings. The number of benzene rings is 1. The Hall–Kier alpha value is -1.07. The summed E-state index contributed by atoms with van der Waals surface area (Å²) in [6, 6.07) is 3.91. The fourth-order valence-corrected chi connectivity index (χ4v) is 1.64. The molecule has 12 heavy (non-hydrogen) atoms. The van der Waals surface area contributed by atoms with Crippen molar-refractivity contribution in [3.8, 4) is 0 Å². The van der Waals surface area contributed by atoms with Gasteiger partial charge < -0.3 is 5.73 Å². The van der Waals surface area contributed by atoms with Gasteiger partial charge in [-0.1, -0.05) is 0 Å².